The van der Waals surface area contributed by atoms with E-state index in [-0.39, 0.29) is 27.9 Å². The van der Waals surface area contributed by atoms with Crippen LogP contribution in [0.5, 0.6) is 11.5 Å². The molecule has 1 atom stereocenters. The number of sulfonamides is 1. The van der Waals surface area contributed by atoms with Gasteiger partial charge in [0.2, 0.25) is 10.0 Å². The van der Waals surface area contributed by atoms with Gasteiger partial charge in [-0.1, -0.05) is 0 Å². The van der Waals surface area contributed by atoms with Crippen LogP contribution in [0.2, 0.25) is 0 Å². The molecule has 150 valence electrons. The largest absolute Gasteiger partial charge is 0.493 e. The predicted molar refractivity (Wildman–Crippen MR) is 101 cm³/mol. The third kappa shape index (κ3) is 4.20. The first-order valence-corrected chi connectivity index (χ1v) is 10.6. The van der Waals surface area contributed by atoms with Gasteiger partial charge in [-0.3, -0.25) is 9.69 Å². The molecule has 0 aromatic heterocycles. The van der Waals surface area contributed by atoms with Crippen LogP contribution in [0.4, 0.5) is 0 Å². The topological polar surface area (TPSA) is 97.0 Å². The second kappa shape index (κ2) is 8.04. The number of nitrogens with zero attached hydrogens (tertiary/aromatic N) is 1. The SMILES string of the molecule is CNS(=O)(=O)c1cc(OC)c(OC)c(C(=O)NCC2CCCN2C2CC2)c1. The molecule has 2 fully saturated rings. The molecule has 1 heterocycles. The van der Waals surface area contributed by atoms with Crippen LogP contribution in [0.15, 0.2) is 17.0 Å². The normalized spacial score (nSPS) is 20.5. The molecule has 1 amide bonds. The highest BCUT2D eigenvalue weighted by Crippen LogP contribution is 2.35. The molecule has 1 aliphatic heterocycles. The number of ether oxygens (including phenoxy) is 2. The first kappa shape index (κ1) is 19.9. The van der Waals surface area contributed by atoms with E-state index in [9.17, 15) is 13.2 Å². The summed E-state index contributed by atoms with van der Waals surface area (Å²) >= 11 is 0. The van der Waals surface area contributed by atoms with Gasteiger partial charge in [0.15, 0.2) is 11.5 Å². The maximum absolute atomic E-state index is 12.8. The van der Waals surface area contributed by atoms with Crippen LogP contribution in [-0.2, 0) is 10.0 Å². The molecule has 2 aliphatic rings. The number of methoxy groups -OCH3 is 2. The van der Waals surface area contributed by atoms with Crippen molar-refractivity contribution in [2.24, 2.45) is 0 Å². The van der Waals surface area contributed by atoms with Crippen molar-refractivity contribution in [2.45, 2.75) is 42.7 Å². The van der Waals surface area contributed by atoms with E-state index < -0.39 is 10.0 Å². The molecule has 1 saturated heterocycles. The molecule has 0 radical (unpaired) electrons. The van der Waals surface area contributed by atoms with Crippen LogP contribution >= 0.6 is 0 Å². The van der Waals surface area contributed by atoms with Crippen LogP contribution in [0, 0.1) is 0 Å². The van der Waals surface area contributed by atoms with Gasteiger partial charge in [0, 0.05) is 24.7 Å². The lowest BCUT2D eigenvalue weighted by Gasteiger charge is -2.24. The lowest BCUT2D eigenvalue weighted by atomic mass is 10.1. The quantitative estimate of drug-likeness (QED) is 0.678. The Balaban J connectivity index is 1.82. The van der Waals surface area contributed by atoms with Gasteiger partial charge in [0.1, 0.15) is 0 Å². The lowest BCUT2D eigenvalue weighted by Crippen LogP contribution is -2.41. The van der Waals surface area contributed by atoms with Crippen molar-refractivity contribution in [1.29, 1.82) is 0 Å². The minimum absolute atomic E-state index is 0.0479. The van der Waals surface area contributed by atoms with Crippen LogP contribution in [-0.4, -0.2) is 65.7 Å². The summed E-state index contributed by atoms with van der Waals surface area (Å²) in [4.78, 5) is 15.3. The Morgan fingerprint density at radius 3 is 2.56 bits per heavy atom. The Bertz CT molecular complexity index is 807. The van der Waals surface area contributed by atoms with E-state index in [0.29, 0.717) is 18.6 Å². The number of nitrogens with one attached hydrogen (secondary N) is 2. The third-order valence-electron chi connectivity index (χ3n) is 5.21. The number of hydrogen-bond donors (Lipinski definition) is 2. The van der Waals surface area contributed by atoms with E-state index in [1.165, 1.54) is 46.2 Å². The number of amides is 1. The summed E-state index contributed by atoms with van der Waals surface area (Å²) in [7, 11) is 0.417. The van der Waals surface area contributed by atoms with Crippen molar-refractivity contribution < 1.29 is 22.7 Å². The first-order valence-electron chi connectivity index (χ1n) is 9.14. The van der Waals surface area contributed by atoms with Crippen LogP contribution in [0.1, 0.15) is 36.0 Å². The fraction of sp³-hybridized carbons (Fsp3) is 0.611. The third-order valence-corrected chi connectivity index (χ3v) is 6.61. The average molecular weight is 397 g/mol. The molecule has 1 aromatic carbocycles. The van der Waals surface area contributed by atoms with E-state index >= 15 is 0 Å². The summed E-state index contributed by atoms with van der Waals surface area (Å²) in [6.07, 6.45) is 4.67. The molecule has 1 saturated carbocycles. The van der Waals surface area contributed by atoms with Crippen LogP contribution in [0.3, 0.4) is 0 Å². The number of benzene rings is 1. The molecule has 1 unspecified atom stereocenters. The van der Waals surface area contributed by atoms with Crippen LogP contribution < -0.4 is 19.5 Å². The van der Waals surface area contributed by atoms with Gasteiger partial charge in [-0.25, -0.2) is 13.1 Å². The molecule has 1 aliphatic carbocycles. The highest BCUT2D eigenvalue weighted by Gasteiger charge is 2.36. The van der Waals surface area contributed by atoms with Crippen molar-refractivity contribution >= 4 is 15.9 Å². The number of carbonyl (C=O) groups excluding carboxylic acids is 1. The Morgan fingerprint density at radius 1 is 1.22 bits per heavy atom. The number of likely N-dealkylation sites (tertiary alicyclic amines) is 1. The highest BCUT2D eigenvalue weighted by atomic mass is 32.2. The van der Waals surface area contributed by atoms with E-state index in [1.54, 1.807) is 0 Å². The second-order valence-electron chi connectivity index (χ2n) is 6.89. The Labute approximate surface area is 160 Å². The van der Waals surface area contributed by atoms with Gasteiger partial charge >= 0.3 is 0 Å². The summed E-state index contributed by atoms with van der Waals surface area (Å²) in [5.74, 6) is 0.0379. The summed E-state index contributed by atoms with van der Waals surface area (Å²) in [6.45, 7) is 1.61. The number of rotatable bonds is 8. The predicted octanol–water partition coefficient (Wildman–Crippen LogP) is 0.969. The molecule has 27 heavy (non-hydrogen) atoms. The van der Waals surface area contributed by atoms with Crippen molar-refractivity contribution in [3.8, 4) is 11.5 Å². The fourth-order valence-corrected chi connectivity index (χ4v) is 4.42. The fourth-order valence-electron chi connectivity index (χ4n) is 3.65. The standard InChI is InChI=1S/C18H27N3O5S/c1-19-27(23,24)14-9-15(17(26-3)16(10-14)25-2)18(22)20-11-13-5-4-8-21(13)12-6-7-12/h9-10,12-13,19H,4-8,11H2,1-3H3,(H,20,22). The summed E-state index contributed by atoms with van der Waals surface area (Å²) in [5, 5.41) is 2.94. The van der Waals surface area contributed by atoms with Gasteiger partial charge in [-0.2, -0.15) is 0 Å². The molecule has 9 heteroatoms. The minimum Gasteiger partial charge on any atom is -0.493 e. The second-order valence-corrected chi connectivity index (χ2v) is 8.78. The molecule has 0 bridgehead atoms. The highest BCUT2D eigenvalue weighted by molar-refractivity contribution is 7.89. The summed E-state index contributed by atoms with van der Waals surface area (Å²) in [5.41, 5.74) is 0.140. The van der Waals surface area contributed by atoms with Gasteiger partial charge in [0.25, 0.3) is 5.91 Å². The van der Waals surface area contributed by atoms with Gasteiger partial charge < -0.3 is 14.8 Å². The number of hydrogen-bond acceptors (Lipinski definition) is 6. The van der Waals surface area contributed by atoms with E-state index in [1.807, 2.05) is 0 Å². The van der Waals surface area contributed by atoms with E-state index in [2.05, 4.69) is 14.9 Å². The molecule has 8 nitrogen and oxygen atoms in total. The molecular formula is C18H27N3O5S. The Kier molecular flexibility index (Phi) is 5.92. The Hall–Kier alpha value is -1.84. The smallest absolute Gasteiger partial charge is 0.255 e. The molecule has 0 spiro atoms. The number of carbonyl (C=O) groups is 1. The summed E-state index contributed by atoms with van der Waals surface area (Å²) in [6, 6.07) is 3.65. The molecule has 1 aromatic rings. The zero-order valence-corrected chi connectivity index (χ0v) is 16.8. The van der Waals surface area contributed by atoms with Crippen molar-refractivity contribution in [3.63, 3.8) is 0 Å². The minimum atomic E-state index is -3.73. The van der Waals surface area contributed by atoms with Crippen molar-refractivity contribution in [3.05, 3.63) is 17.7 Å². The van der Waals surface area contributed by atoms with Crippen LogP contribution in [0.25, 0.3) is 0 Å². The maximum Gasteiger partial charge on any atom is 0.255 e. The van der Waals surface area contributed by atoms with E-state index in [0.717, 1.165) is 19.4 Å². The molecular weight excluding hydrogens is 370 g/mol. The first-order chi connectivity index (χ1) is 12.9. The van der Waals surface area contributed by atoms with Crippen molar-refractivity contribution in [2.75, 3.05) is 34.4 Å². The zero-order valence-electron chi connectivity index (χ0n) is 15.9. The van der Waals surface area contributed by atoms with Crippen molar-refractivity contribution in [1.82, 2.24) is 14.9 Å². The van der Waals surface area contributed by atoms with E-state index in [4.69, 9.17) is 9.47 Å². The lowest BCUT2D eigenvalue weighted by molar-refractivity contribution is 0.0935. The van der Waals surface area contributed by atoms with Gasteiger partial charge in [-0.15, -0.1) is 0 Å². The van der Waals surface area contributed by atoms with Gasteiger partial charge in [0.05, 0.1) is 24.7 Å². The monoisotopic (exact) mass is 397 g/mol. The van der Waals surface area contributed by atoms with Gasteiger partial charge in [-0.05, 0) is 45.3 Å². The Morgan fingerprint density at radius 2 is 1.96 bits per heavy atom. The molecule has 2 N–H and O–H groups in total. The zero-order chi connectivity index (χ0) is 19.6. The average Bonchev–Trinajstić information content (AvgIpc) is 3.42. The summed E-state index contributed by atoms with van der Waals surface area (Å²) < 4.78 is 37.2. The maximum atomic E-state index is 12.8. The molecule has 3 rings (SSSR count).